The van der Waals surface area contributed by atoms with Gasteiger partial charge in [-0.25, -0.2) is 0 Å². The molecule has 0 aliphatic carbocycles. The summed E-state index contributed by atoms with van der Waals surface area (Å²) in [4.78, 5) is 19.7. The topological polar surface area (TPSA) is 76.2 Å². The molecule has 0 spiro atoms. The Balaban J connectivity index is 1.67. The maximum Gasteiger partial charge on any atom is 0.242 e. The monoisotopic (exact) mass is 411 g/mol. The molecule has 154 valence electrons. The molecule has 6 nitrogen and oxygen atoms in total. The third kappa shape index (κ3) is 4.42. The molecule has 0 atom stereocenters. The third-order valence-corrected chi connectivity index (χ3v) is 6.45. The van der Waals surface area contributed by atoms with Crippen molar-refractivity contribution in [3.05, 3.63) is 42.2 Å². The van der Waals surface area contributed by atoms with Crippen molar-refractivity contribution in [2.75, 3.05) is 37.7 Å². The van der Waals surface area contributed by atoms with Gasteiger partial charge in [0.2, 0.25) is 5.91 Å². The van der Waals surface area contributed by atoms with Gasteiger partial charge in [-0.3, -0.25) is 9.78 Å². The summed E-state index contributed by atoms with van der Waals surface area (Å²) >= 11 is 1.92. The zero-order chi connectivity index (χ0) is 20.1. The van der Waals surface area contributed by atoms with Crippen LogP contribution in [0.15, 0.2) is 36.5 Å². The SMILES string of the molecule is NCCCCNCc1nccc2c3ccccc3n(CC(=O)N3CCSCC3)c12. The van der Waals surface area contributed by atoms with E-state index in [4.69, 9.17) is 5.73 Å². The maximum absolute atomic E-state index is 13.0. The Bertz CT molecular complexity index is 980. The van der Waals surface area contributed by atoms with Gasteiger partial charge >= 0.3 is 0 Å². The number of hydrogen-bond acceptors (Lipinski definition) is 5. The summed E-state index contributed by atoms with van der Waals surface area (Å²) in [5.74, 6) is 2.25. The minimum Gasteiger partial charge on any atom is -0.339 e. The van der Waals surface area contributed by atoms with E-state index in [-0.39, 0.29) is 5.91 Å². The summed E-state index contributed by atoms with van der Waals surface area (Å²) in [6.07, 6.45) is 3.95. The van der Waals surface area contributed by atoms with Gasteiger partial charge in [-0.15, -0.1) is 0 Å². The van der Waals surface area contributed by atoms with E-state index in [1.165, 1.54) is 5.39 Å². The average Bonchev–Trinajstić information content (AvgIpc) is 3.09. The van der Waals surface area contributed by atoms with Crippen LogP contribution in [0.25, 0.3) is 21.8 Å². The molecule has 29 heavy (non-hydrogen) atoms. The molecule has 4 rings (SSSR count). The fourth-order valence-electron chi connectivity index (χ4n) is 4.02. The largest absolute Gasteiger partial charge is 0.339 e. The highest BCUT2D eigenvalue weighted by Gasteiger charge is 2.21. The van der Waals surface area contributed by atoms with Crippen LogP contribution in [0.3, 0.4) is 0 Å². The van der Waals surface area contributed by atoms with Crippen molar-refractivity contribution in [1.82, 2.24) is 19.8 Å². The van der Waals surface area contributed by atoms with Crippen LogP contribution in [-0.2, 0) is 17.9 Å². The molecule has 2 aromatic heterocycles. The van der Waals surface area contributed by atoms with Crippen molar-refractivity contribution >= 4 is 39.5 Å². The summed E-state index contributed by atoms with van der Waals surface area (Å²) in [6.45, 7) is 4.37. The molecule has 1 aromatic carbocycles. The molecule has 0 radical (unpaired) electrons. The summed E-state index contributed by atoms with van der Waals surface area (Å²) in [5, 5.41) is 5.83. The Morgan fingerprint density at radius 3 is 2.79 bits per heavy atom. The quantitative estimate of drug-likeness (QED) is 0.557. The molecule has 1 saturated heterocycles. The van der Waals surface area contributed by atoms with Gasteiger partial charge in [0, 0.05) is 53.6 Å². The number of aromatic nitrogens is 2. The average molecular weight is 412 g/mol. The molecule has 3 N–H and O–H groups in total. The number of nitrogens with one attached hydrogen (secondary N) is 1. The van der Waals surface area contributed by atoms with Crippen molar-refractivity contribution < 1.29 is 4.79 Å². The second-order valence-corrected chi connectivity index (χ2v) is 8.65. The Labute approximate surface area is 175 Å². The van der Waals surface area contributed by atoms with E-state index in [1.54, 1.807) is 0 Å². The van der Waals surface area contributed by atoms with Crippen molar-refractivity contribution in [2.45, 2.75) is 25.9 Å². The highest BCUT2D eigenvalue weighted by Crippen LogP contribution is 2.30. The minimum atomic E-state index is 0.193. The summed E-state index contributed by atoms with van der Waals surface area (Å²) < 4.78 is 2.17. The second kappa shape index (κ2) is 9.61. The van der Waals surface area contributed by atoms with Gasteiger partial charge in [-0.2, -0.15) is 11.8 Å². The Hall–Kier alpha value is -2.09. The highest BCUT2D eigenvalue weighted by molar-refractivity contribution is 7.99. The predicted octanol–water partition coefficient (Wildman–Crippen LogP) is 2.59. The molecular formula is C22H29N5OS. The minimum absolute atomic E-state index is 0.193. The van der Waals surface area contributed by atoms with Gasteiger partial charge in [0.1, 0.15) is 6.54 Å². The molecule has 7 heteroatoms. The molecule has 0 bridgehead atoms. The number of carbonyl (C=O) groups excluding carboxylic acids is 1. The summed E-state index contributed by atoms with van der Waals surface area (Å²) in [5.41, 5.74) is 8.75. The number of unbranched alkanes of at least 4 members (excludes halogenated alkanes) is 1. The van der Waals surface area contributed by atoms with Crippen molar-refractivity contribution in [2.24, 2.45) is 5.73 Å². The van der Waals surface area contributed by atoms with Crippen LogP contribution in [0.1, 0.15) is 18.5 Å². The lowest BCUT2D eigenvalue weighted by molar-refractivity contribution is -0.131. The standard InChI is InChI=1S/C22H29N5OS/c23-8-3-4-9-24-15-19-22-18(7-10-25-19)17-5-1-2-6-20(17)27(22)16-21(28)26-11-13-29-14-12-26/h1-2,5-7,10,24H,3-4,8-9,11-16,23H2. The number of nitrogens with two attached hydrogens (primary N) is 1. The number of rotatable bonds is 8. The fraction of sp³-hybridized carbons (Fsp3) is 0.455. The summed E-state index contributed by atoms with van der Waals surface area (Å²) in [6, 6.07) is 10.4. The first kappa shape index (κ1) is 20.2. The number of carbonyl (C=O) groups is 1. The van der Waals surface area contributed by atoms with E-state index in [0.29, 0.717) is 13.1 Å². The molecule has 1 fully saturated rings. The third-order valence-electron chi connectivity index (χ3n) is 5.51. The number of hydrogen-bond donors (Lipinski definition) is 2. The zero-order valence-corrected chi connectivity index (χ0v) is 17.6. The second-order valence-electron chi connectivity index (χ2n) is 7.42. The molecule has 0 unspecified atom stereocenters. The normalized spacial score (nSPS) is 14.7. The van der Waals surface area contributed by atoms with Gasteiger partial charge in [0.05, 0.1) is 11.2 Å². The Morgan fingerprint density at radius 1 is 1.14 bits per heavy atom. The van der Waals surface area contributed by atoms with Crippen LogP contribution < -0.4 is 11.1 Å². The van der Waals surface area contributed by atoms with Crippen LogP contribution in [0.2, 0.25) is 0 Å². The number of fused-ring (bicyclic) bond motifs is 3. The summed E-state index contributed by atoms with van der Waals surface area (Å²) in [7, 11) is 0. The van der Waals surface area contributed by atoms with Gasteiger partial charge < -0.3 is 20.5 Å². The first-order valence-electron chi connectivity index (χ1n) is 10.4. The highest BCUT2D eigenvalue weighted by atomic mass is 32.2. The molecule has 0 saturated carbocycles. The van der Waals surface area contributed by atoms with Gasteiger partial charge in [-0.05, 0) is 38.1 Å². The first-order valence-corrected chi connectivity index (χ1v) is 11.6. The molecular weight excluding hydrogens is 382 g/mol. The van der Waals surface area contributed by atoms with Crippen LogP contribution >= 0.6 is 11.8 Å². The number of pyridine rings is 1. The Morgan fingerprint density at radius 2 is 1.97 bits per heavy atom. The molecule has 1 aliphatic heterocycles. The van der Waals surface area contributed by atoms with Crippen molar-refractivity contribution in [3.8, 4) is 0 Å². The van der Waals surface area contributed by atoms with E-state index in [1.807, 2.05) is 28.9 Å². The van der Waals surface area contributed by atoms with E-state index in [0.717, 1.165) is 72.6 Å². The van der Waals surface area contributed by atoms with Crippen molar-refractivity contribution in [1.29, 1.82) is 0 Å². The van der Waals surface area contributed by atoms with E-state index >= 15 is 0 Å². The van der Waals surface area contributed by atoms with E-state index in [2.05, 4.69) is 39.1 Å². The first-order chi connectivity index (χ1) is 14.3. The number of para-hydroxylation sites is 1. The number of amides is 1. The fourth-order valence-corrected chi connectivity index (χ4v) is 4.92. The van der Waals surface area contributed by atoms with E-state index < -0.39 is 0 Å². The smallest absolute Gasteiger partial charge is 0.242 e. The molecule has 3 aromatic rings. The lowest BCUT2D eigenvalue weighted by Gasteiger charge is -2.27. The number of nitrogens with zero attached hydrogens (tertiary/aromatic N) is 3. The Kier molecular flexibility index (Phi) is 6.69. The van der Waals surface area contributed by atoms with Gasteiger partial charge in [-0.1, -0.05) is 18.2 Å². The number of benzene rings is 1. The predicted molar refractivity (Wildman–Crippen MR) is 121 cm³/mol. The van der Waals surface area contributed by atoms with Gasteiger partial charge in [0.15, 0.2) is 0 Å². The van der Waals surface area contributed by atoms with Crippen LogP contribution in [-0.4, -0.2) is 58.0 Å². The lowest BCUT2D eigenvalue weighted by Crippen LogP contribution is -2.39. The maximum atomic E-state index is 13.0. The van der Waals surface area contributed by atoms with Crippen LogP contribution in [0.4, 0.5) is 0 Å². The van der Waals surface area contributed by atoms with Gasteiger partial charge in [0.25, 0.3) is 0 Å². The van der Waals surface area contributed by atoms with Crippen LogP contribution in [0.5, 0.6) is 0 Å². The van der Waals surface area contributed by atoms with Crippen molar-refractivity contribution in [3.63, 3.8) is 0 Å². The molecule has 1 aliphatic rings. The lowest BCUT2D eigenvalue weighted by atomic mass is 10.1. The number of thioether (sulfide) groups is 1. The zero-order valence-electron chi connectivity index (χ0n) is 16.8. The molecule has 3 heterocycles. The van der Waals surface area contributed by atoms with Crippen LogP contribution in [0, 0.1) is 0 Å². The van der Waals surface area contributed by atoms with E-state index in [9.17, 15) is 4.79 Å². The molecule has 1 amide bonds.